The molecule has 0 amide bonds. The summed E-state index contributed by atoms with van der Waals surface area (Å²) in [6.07, 6.45) is 2.06. The highest BCUT2D eigenvalue weighted by Gasteiger charge is 2.16. The first-order valence-corrected chi connectivity index (χ1v) is 6.44. The first-order chi connectivity index (χ1) is 10.1. The number of nitrogens with one attached hydrogen (secondary N) is 1. The van der Waals surface area contributed by atoms with Crippen molar-refractivity contribution in [3.8, 4) is 6.07 Å². The topological polar surface area (TPSA) is 91.8 Å². The zero-order valence-corrected chi connectivity index (χ0v) is 11.5. The van der Waals surface area contributed by atoms with Crippen molar-refractivity contribution in [2.75, 3.05) is 11.9 Å². The van der Waals surface area contributed by atoms with Gasteiger partial charge in [-0.1, -0.05) is 24.3 Å². The zero-order valence-electron chi connectivity index (χ0n) is 11.5. The predicted molar refractivity (Wildman–Crippen MR) is 79.0 cm³/mol. The maximum atomic E-state index is 11.0. The number of benzene rings is 1. The molecule has 21 heavy (non-hydrogen) atoms. The Labute approximate surface area is 122 Å². The smallest absolute Gasteiger partial charge is 0.312 e. The van der Waals surface area contributed by atoms with Crippen LogP contribution >= 0.6 is 0 Å². The first kappa shape index (κ1) is 14.5. The van der Waals surface area contributed by atoms with E-state index in [4.69, 9.17) is 5.26 Å². The Morgan fingerprint density at radius 2 is 2.19 bits per heavy atom. The van der Waals surface area contributed by atoms with Gasteiger partial charge in [-0.05, 0) is 24.5 Å². The highest BCUT2D eigenvalue weighted by molar-refractivity contribution is 5.58. The molecule has 1 heterocycles. The number of anilines is 1. The van der Waals surface area contributed by atoms with Gasteiger partial charge in [0, 0.05) is 18.8 Å². The summed E-state index contributed by atoms with van der Waals surface area (Å²) in [7, 11) is 0. The molecular weight excluding hydrogens is 268 g/mol. The Balaban J connectivity index is 2.08. The third-order valence-electron chi connectivity index (χ3n) is 3.14. The number of hydrogen-bond donors (Lipinski definition) is 1. The van der Waals surface area contributed by atoms with Gasteiger partial charge in [-0.15, -0.1) is 0 Å². The summed E-state index contributed by atoms with van der Waals surface area (Å²) in [4.78, 5) is 14.4. The van der Waals surface area contributed by atoms with Crippen LogP contribution in [-0.4, -0.2) is 16.5 Å². The van der Waals surface area contributed by atoms with Gasteiger partial charge in [-0.3, -0.25) is 10.1 Å². The van der Waals surface area contributed by atoms with Crippen LogP contribution in [0.25, 0.3) is 0 Å². The molecule has 0 atom stereocenters. The molecule has 0 aliphatic rings. The molecule has 0 bridgehead atoms. The van der Waals surface area contributed by atoms with Crippen molar-refractivity contribution in [2.45, 2.75) is 13.3 Å². The second kappa shape index (κ2) is 6.48. The van der Waals surface area contributed by atoms with Crippen LogP contribution in [0.2, 0.25) is 0 Å². The van der Waals surface area contributed by atoms with Crippen LogP contribution in [0.15, 0.2) is 36.5 Å². The average Bonchev–Trinajstić information content (AvgIpc) is 2.49. The van der Waals surface area contributed by atoms with E-state index in [1.54, 1.807) is 0 Å². The van der Waals surface area contributed by atoms with Crippen molar-refractivity contribution >= 4 is 11.5 Å². The third-order valence-corrected chi connectivity index (χ3v) is 3.14. The molecule has 6 heteroatoms. The number of aryl methyl sites for hydroxylation is 1. The molecule has 106 valence electrons. The SMILES string of the molecule is Cc1ccccc1CCNc1ncc(C#N)cc1[N+](=O)[O-]. The number of hydrogen-bond acceptors (Lipinski definition) is 5. The van der Waals surface area contributed by atoms with Crippen LogP contribution in [0.1, 0.15) is 16.7 Å². The van der Waals surface area contributed by atoms with E-state index in [0.717, 1.165) is 6.42 Å². The van der Waals surface area contributed by atoms with Gasteiger partial charge in [0.1, 0.15) is 6.07 Å². The minimum atomic E-state index is -0.538. The summed E-state index contributed by atoms with van der Waals surface area (Å²) in [5.41, 5.74) is 2.35. The van der Waals surface area contributed by atoms with Crippen LogP contribution < -0.4 is 5.32 Å². The Hall–Kier alpha value is -2.94. The number of nitro groups is 1. The van der Waals surface area contributed by atoms with E-state index in [0.29, 0.717) is 6.54 Å². The fourth-order valence-corrected chi connectivity index (χ4v) is 2.00. The van der Waals surface area contributed by atoms with E-state index >= 15 is 0 Å². The van der Waals surface area contributed by atoms with Crippen molar-refractivity contribution in [3.63, 3.8) is 0 Å². The molecule has 0 aliphatic heterocycles. The summed E-state index contributed by atoms with van der Waals surface area (Å²) in [6.45, 7) is 2.56. The van der Waals surface area contributed by atoms with E-state index < -0.39 is 4.92 Å². The lowest BCUT2D eigenvalue weighted by Gasteiger charge is -2.08. The maximum absolute atomic E-state index is 11.0. The summed E-state index contributed by atoms with van der Waals surface area (Å²) < 4.78 is 0. The van der Waals surface area contributed by atoms with Crippen molar-refractivity contribution in [2.24, 2.45) is 0 Å². The molecule has 2 aromatic rings. The molecule has 0 fully saturated rings. The molecule has 1 N–H and O–H groups in total. The highest BCUT2D eigenvalue weighted by atomic mass is 16.6. The molecule has 6 nitrogen and oxygen atoms in total. The second-order valence-corrected chi connectivity index (χ2v) is 4.56. The summed E-state index contributed by atoms with van der Waals surface area (Å²) in [5, 5.41) is 22.7. The van der Waals surface area contributed by atoms with Gasteiger partial charge >= 0.3 is 5.69 Å². The zero-order chi connectivity index (χ0) is 15.2. The molecule has 0 aliphatic carbocycles. The number of pyridine rings is 1. The van der Waals surface area contributed by atoms with Crippen LogP contribution in [0.5, 0.6) is 0 Å². The molecular formula is C15H14N4O2. The highest BCUT2D eigenvalue weighted by Crippen LogP contribution is 2.22. The Kier molecular flexibility index (Phi) is 4.46. The molecule has 2 rings (SSSR count). The van der Waals surface area contributed by atoms with Gasteiger partial charge < -0.3 is 5.32 Å². The lowest BCUT2D eigenvalue weighted by atomic mass is 10.1. The van der Waals surface area contributed by atoms with Gasteiger partial charge in [0.05, 0.1) is 10.5 Å². The van der Waals surface area contributed by atoms with Crippen LogP contribution in [0, 0.1) is 28.4 Å². The lowest BCUT2D eigenvalue weighted by molar-refractivity contribution is -0.384. The summed E-state index contributed by atoms with van der Waals surface area (Å²) in [5.74, 6) is 0.188. The Bertz CT molecular complexity index is 707. The number of rotatable bonds is 5. The van der Waals surface area contributed by atoms with Crippen molar-refractivity contribution in [3.05, 3.63) is 63.3 Å². The molecule has 1 aromatic heterocycles. The second-order valence-electron chi connectivity index (χ2n) is 4.56. The molecule has 0 saturated heterocycles. The largest absolute Gasteiger partial charge is 0.364 e. The summed E-state index contributed by atoms with van der Waals surface area (Å²) in [6, 6.07) is 11.1. The third kappa shape index (κ3) is 3.54. The first-order valence-electron chi connectivity index (χ1n) is 6.44. The molecule has 0 unspecified atom stereocenters. The van der Waals surface area contributed by atoms with E-state index in [9.17, 15) is 10.1 Å². The molecule has 1 aromatic carbocycles. The fourth-order valence-electron chi connectivity index (χ4n) is 2.00. The van der Waals surface area contributed by atoms with Gasteiger partial charge in [0.15, 0.2) is 0 Å². The molecule has 0 radical (unpaired) electrons. The van der Waals surface area contributed by atoms with Crippen LogP contribution in [0.4, 0.5) is 11.5 Å². The molecule has 0 spiro atoms. The normalized spacial score (nSPS) is 9.90. The van der Waals surface area contributed by atoms with E-state index in [1.165, 1.54) is 23.4 Å². The van der Waals surface area contributed by atoms with Gasteiger partial charge in [0.2, 0.25) is 5.82 Å². The Morgan fingerprint density at radius 3 is 2.86 bits per heavy atom. The number of aromatic nitrogens is 1. The monoisotopic (exact) mass is 282 g/mol. The van der Waals surface area contributed by atoms with E-state index in [2.05, 4.69) is 10.3 Å². The number of nitrogens with zero attached hydrogens (tertiary/aromatic N) is 3. The minimum Gasteiger partial charge on any atom is -0.364 e. The standard InChI is InChI=1S/C15H14N4O2/c1-11-4-2-3-5-13(11)6-7-17-15-14(19(20)21)8-12(9-16)10-18-15/h2-5,8,10H,6-7H2,1H3,(H,17,18). The predicted octanol–water partition coefficient (Wildman–Crippen LogP) is 2.82. The van der Waals surface area contributed by atoms with Crippen molar-refractivity contribution in [1.29, 1.82) is 5.26 Å². The molecule has 0 saturated carbocycles. The maximum Gasteiger partial charge on any atom is 0.312 e. The lowest BCUT2D eigenvalue weighted by Crippen LogP contribution is -2.09. The Morgan fingerprint density at radius 1 is 1.43 bits per heavy atom. The number of nitriles is 1. The average molecular weight is 282 g/mol. The quantitative estimate of drug-likeness (QED) is 0.672. The van der Waals surface area contributed by atoms with Crippen molar-refractivity contribution in [1.82, 2.24) is 4.98 Å². The van der Waals surface area contributed by atoms with Gasteiger partial charge in [-0.2, -0.15) is 5.26 Å². The van der Waals surface area contributed by atoms with Crippen LogP contribution in [0.3, 0.4) is 0 Å². The minimum absolute atomic E-state index is 0.172. The fraction of sp³-hybridized carbons (Fsp3) is 0.200. The van der Waals surface area contributed by atoms with E-state index in [-0.39, 0.29) is 17.1 Å². The van der Waals surface area contributed by atoms with Gasteiger partial charge in [0.25, 0.3) is 0 Å². The van der Waals surface area contributed by atoms with Crippen LogP contribution in [-0.2, 0) is 6.42 Å². The van der Waals surface area contributed by atoms with Crippen molar-refractivity contribution < 1.29 is 4.92 Å². The van der Waals surface area contributed by atoms with Gasteiger partial charge in [-0.25, -0.2) is 4.98 Å². The van der Waals surface area contributed by atoms with E-state index in [1.807, 2.05) is 37.3 Å². The summed E-state index contributed by atoms with van der Waals surface area (Å²) >= 11 is 0.